The highest BCUT2D eigenvalue weighted by molar-refractivity contribution is 5.70. The number of ether oxygens (including phenoxy) is 2. The molecule has 0 aliphatic heterocycles. The molecule has 1 aromatic carbocycles. The van der Waals surface area contributed by atoms with Crippen molar-refractivity contribution in [2.45, 2.75) is 0 Å². The molecule has 0 aliphatic carbocycles. The van der Waals surface area contributed by atoms with E-state index in [1.165, 1.54) is 0 Å². The third-order valence-corrected chi connectivity index (χ3v) is 2.56. The molecule has 2 rings (SSSR count). The van der Waals surface area contributed by atoms with Crippen LogP contribution in [0.15, 0.2) is 28.7 Å². The van der Waals surface area contributed by atoms with Crippen LogP contribution < -0.4 is 15.2 Å². The van der Waals surface area contributed by atoms with E-state index in [4.69, 9.17) is 24.9 Å². The molecule has 5 nitrogen and oxygen atoms in total. The second kappa shape index (κ2) is 4.72. The van der Waals surface area contributed by atoms with E-state index in [1.54, 1.807) is 38.5 Å². The summed E-state index contributed by atoms with van der Waals surface area (Å²) in [6.07, 6.45) is 0. The van der Waals surface area contributed by atoms with Gasteiger partial charge in [-0.3, -0.25) is 0 Å². The van der Waals surface area contributed by atoms with E-state index >= 15 is 0 Å². The molecule has 0 radical (unpaired) electrons. The van der Waals surface area contributed by atoms with Crippen LogP contribution >= 0.6 is 0 Å². The average Bonchev–Trinajstić information content (AvgIpc) is 2.79. The Morgan fingerprint density at radius 3 is 2.56 bits per heavy atom. The summed E-state index contributed by atoms with van der Waals surface area (Å²) in [6.45, 7) is 0. The molecular weight excluding hydrogens is 232 g/mol. The Balaban J connectivity index is 2.53. The summed E-state index contributed by atoms with van der Waals surface area (Å²) >= 11 is 0. The lowest BCUT2D eigenvalue weighted by Gasteiger charge is -2.08. The molecule has 0 amide bonds. The van der Waals surface area contributed by atoms with Crippen LogP contribution in [0.3, 0.4) is 0 Å². The van der Waals surface area contributed by atoms with Gasteiger partial charge in [0.15, 0.2) is 0 Å². The SMILES string of the molecule is COc1ccc(-c2cc(C#N)c(N)o2)c(OC)c1. The number of furan rings is 1. The van der Waals surface area contributed by atoms with Gasteiger partial charge in [-0.15, -0.1) is 0 Å². The number of hydrogen-bond donors (Lipinski definition) is 1. The number of nitrogens with zero attached hydrogens (tertiary/aromatic N) is 1. The molecule has 5 heteroatoms. The van der Waals surface area contributed by atoms with Crippen LogP contribution in [0.2, 0.25) is 0 Å². The maximum absolute atomic E-state index is 8.85. The van der Waals surface area contributed by atoms with Crippen molar-refractivity contribution >= 4 is 5.88 Å². The van der Waals surface area contributed by atoms with Crippen LogP contribution in [-0.4, -0.2) is 14.2 Å². The number of nitrogens with two attached hydrogens (primary N) is 1. The topological polar surface area (TPSA) is 81.4 Å². The molecule has 0 aliphatic rings. The zero-order valence-electron chi connectivity index (χ0n) is 10.1. The first-order valence-corrected chi connectivity index (χ1v) is 5.21. The van der Waals surface area contributed by atoms with E-state index in [2.05, 4.69) is 0 Å². The van der Waals surface area contributed by atoms with Crippen molar-refractivity contribution < 1.29 is 13.9 Å². The molecule has 2 N–H and O–H groups in total. The maximum Gasteiger partial charge on any atom is 0.208 e. The van der Waals surface area contributed by atoms with Crippen LogP contribution in [0.1, 0.15) is 5.56 Å². The summed E-state index contributed by atoms with van der Waals surface area (Å²) in [5, 5.41) is 8.85. The Labute approximate surface area is 104 Å². The highest BCUT2D eigenvalue weighted by Crippen LogP contribution is 2.35. The van der Waals surface area contributed by atoms with Crippen LogP contribution in [0.5, 0.6) is 11.5 Å². The summed E-state index contributed by atoms with van der Waals surface area (Å²) in [4.78, 5) is 0. The van der Waals surface area contributed by atoms with Gasteiger partial charge in [0.1, 0.15) is 28.9 Å². The Morgan fingerprint density at radius 1 is 1.22 bits per heavy atom. The molecule has 0 unspecified atom stereocenters. The fourth-order valence-electron chi connectivity index (χ4n) is 1.63. The van der Waals surface area contributed by atoms with Crippen LogP contribution in [0.4, 0.5) is 5.88 Å². The van der Waals surface area contributed by atoms with Gasteiger partial charge in [0, 0.05) is 12.1 Å². The lowest BCUT2D eigenvalue weighted by Crippen LogP contribution is -1.89. The van der Waals surface area contributed by atoms with Gasteiger partial charge in [-0.25, -0.2) is 0 Å². The van der Waals surface area contributed by atoms with Gasteiger partial charge in [-0.1, -0.05) is 0 Å². The molecule has 2 aromatic rings. The first-order valence-electron chi connectivity index (χ1n) is 5.21. The lowest BCUT2D eigenvalue weighted by atomic mass is 10.1. The second-order valence-electron chi connectivity index (χ2n) is 3.57. The van der Waals surface area contributed by atoms with Crippen molar-refractivity contribution in [1.29, 1.82) is 5.26 Å². The molecule has 0 saturated carbocycles. The fraction of sp³-hybridized carbons (Fsp3) is 0.154. The highest BCUT2D eigenvalue weighted by atomic mass is 16.5. The Bertz CT molecular complexity index is 611. The van der Waals surface area contributed by atoms with Gasteiger partial charge in [0.05, 0.1) is 19.8 Å². The van der Waals surface area contributed by atoms with Crippen molar-refractivity contribution in [3.63, 3.8) is 0 Å². The van der Waals surface area contributed by atoms with Gasteiger partial charge in [0.2, 0.25) is 5.88 Å². The smallest absolute Gasteiger partial charge is 0.208 e. The average molecular weight is 244 g/mol. The molecule has 0 saturated heterocycles. The zero-order valence-corrected chi connectivity index (χ0v) is 10.1. The van der Waals surface area contributed by atoms with E-state index in [1.807, 2.05) is 6.07 Å². The molecule has 0 fully saturated rings. The van der Waals surface area contributed by atoms with Crippen molar-refractivity contribution in [1.82, 2.24) is 0 Å². The molecule has 92 valence electrons. The van der Waals surface area contributed by atoms with Crippen molar-refractivity contribution in [2.75, 3.05) is 20.0 Å². The number of nitrogen functional groups attached to an aromatic ring is 1. The van der Waals surface area contributed by atoms with Gasteiger partial charge in [-0.05, 0) is 12.1 Å². The van der Waals surface area contributed by atoms with E-state index in [9.17, 15) is 0 Å². The predicted octanol–water partition coefficient (Wildman–Crippen LogP) is 2.42. The minimum atomic E-state index is 0.102. The largest absolute Gasteiger partial charge is 0.497 e. The van der Waals surface area contributed by atoms with Crippen LogP contribution in [0, 0.1) is 11.3 Å². The number of methoxy groups -OCH3 is 2. The standard InChI is InChI=1S/C13H12N2O3/c1-16-9-3-4-10(11(6-9)17-2)12-5-8(7-14)13(15)18-12/h3-6H,15H2,1-2H3. The fourth-order valence-corrected chi connectivity index (χ4v) is 1.63. The normalized spacial score (nSPS) is 9.83. The second-order valence-corrected chi connectivity index (χ2v) is 3.57. The molecule has 0 spiro atoms. The summed E-state index contributed by atoms with van der Waals surface area (Å²) in [6, 6.07) is 8.85. The summed E-state index contributed by atoms with van der Waals surface area (Å²) in [5.41, 5.74) is 6.60. The molecule has 0 bridgehead atoms. The maximum atomic E-state index is 8.85. The number of rotatable bonds is 3. The van der Waals surface area contributed by atoms with E-state index in [0.717, 1.165) is 0 Å². The van der Waals surface area contributed by atoms with Crippen LogP contribution in [0.25, 0.3) is 11.3 Å². The molecule has 18 heavy (non-hydrogen) atoms. The van der Waals surface area contributed by atoms with Crippen molar-refractivity contribution in [2.24, 2.45) is 0 Å². The molecule has 1 aromatic heterocycles. The Morgan fingerprint density at radius 2 is 2.00 bits per heavy atom. The molecular formula is C13H12N2O3. The van der Waals surface area contributed by atoms with Crippen LogP contribution in [-0.2, 0) is 0 Å². The minimum absolute atomic E-state index is 0.102. The molecule has 0 atom stereocenters. The highest BCUT2D eigenvalue weighted by Gasteiger charge is 2.14. The zero-order chi connectivity index (χ0) is 13.1. The van der Waals surface area contributed by atoms with Crippen molar-refractivity contribution in [3.8, 4) is 28.9 Å². The third kappa shape index (κ3) is 1.96. The molecule has 1 heterocycles. The first-order chi connectivity index (χ1) is 8.69. The minimum Gasteiger partial charge on any atom is -0.497 e. The predicted molar refractivity (Wildman–Crippen MR) is 66.4 cm³/mol. The Hall–Kier alpha value is -2.61. The van der Waals surface area contributed by atoms with Gasteiger partial charge < -0.3 is 19.6 Å². The van der Waals surface area contributed by atoms with Gasteiger partial charge >= 0.3 is 0 Å². The number of hydrogen-bond acceptors (Lipinski definition) is 5. The van der Waals surface area contributed by atoms with E-state index in [-0.39, 0.29) is 5.88 Å². The summed E-state index contributed by atoms with van der Waals surface area (Å²) in [5.74, 6) is 1.86. The van der Waals surface area contributed by atoms with Crippen molar-refractivity contribution in [3.05, 3.63) is 29.8 Å². The van der Waals surface area contributed by atoms with E-state index < -0.39 is 0 Å². The summed E-state index contributed by atoms with van der Waals surface area (Å²) in [7, 11) is 3.13. The summed E-state index contributed by atoms with van der Waals surface area (Å²) < 4.78 is 15.7. The number of nitriles is 1. The van der Waals surface area contributed by atoms with Gasteiger partial charge in [-0.2, -0.15) is 5.26 Å². The number of anilines is 1. The van der Waals surface area contributed by atoms with Gasteiger partial charge in [0.25, 0.3) is 0 Å². The Kier molecular flexibility index (Phi) is 3.11. The van der Waals surface area contributed by atoms with E-state index in [0.29, 0.717) is 28.4 Å². The monoisotopic (exact) mass is 244 g/mol. The number of benzene rings is 1. The third-order valence-electron chi connectivity index (χ3n) is 2.56. The first kappa shape index (κ1) is 11.9. The lowest BCUT2D eigenvalue weighted by molar-refractivity contribution is 0.394. The quantitative estimate of drug-likeness (QED) is 0.896.